The van der Waals surface area contributed by atoms with Crippen molar-refractivity contribution in [2.24, 2.45) is 4.99 Å². The maximum absolute atomic E-state index is 13.9. The molecule has 4 heterocycles. The third kappa shape index (κ3) is 5.82. The highest BCUT2D eigenvalue weighted by atomic mass is 32.1. The Bertz CT molecular complexity index is 1640. The minimum atomic E-state index is -0.757. The van der Waals surface area contributed by atoms with Gasteiger partial charge in [0.05, 0.1) is 41.7 Å². The summed E-state index contributed by atoms with van der Waals surface area (Å²) >= 11 is 1.26. The first-order valence-corrected chi connectivity index (χ1v) is 14.6. The molecular formula is C30H36N4O6S. The zero-order valence-corrected chi connectivity index (χ0v) is 25.1. The van der Waals surface area contributed by atoms with Gasteiger partial charge in [0.25, 0.3) is 5.56 Å². The van der Waals surface area contributed by atoms with Crippen LogP contribution in [0.4, 0.5) is 5.88 Å². The molecule has 11 heteroatoms. The van der Waals surface area contributed by atoms with E-state index in [1.54, 1.807) is 43.7 Å². The summed E-state index contributed by atoms with van der Waals surface area (Å²) in [7, 11) is 3.67. The highest BCUT2D eigenvalue weighted by Gasteiger charge is 2.34. The van der Waals surface area contributed by atoms with Crippen LogP contribution in [0, 0.1) is 0 Å². The molecule has 0 aliphatic carbocycles. The fourth-order valence-corrected chi connectivity index (χ4v) is 6.08. The fourth-order valence-electron chi connectivity index (χ4n) is 5.06. The number of esters is 1. The van der Waals surface area contributed by atoms with Crippen LogP contribution in [0.2, 0.25) is 0 Å². The number of rotatable bonds is 8. The summed E-state index contributed by atoms with van der Waals surface area (Å²) in [6, 6.07) is 8.49. The number of hydrogen-bond donors (Lipinski definition) is 0. The Morgan fingerprint density at radius 2 is 1.93 bits per heavy atom. The van der Waals surface area contributed by atoms with Crippen molar-refractivity contribution in [2.75, 3.05) is 51.8 Å². The predicted molar refractivity (Wildman–Crippen MR) is 158 cm³/mol. The van der Waals surface area contributed by atoms with Crippen molar-refractivity contribution in [2.45, 2.75) is 39.8 Å². The lowest BCUT2D eigenvalue weighted by Crippen LogP contribution is -2.44. The van der Waals surface area contributed by atoms with E-state index in [0.717, 1.165) is 32.1 Å². The molecule has 1 atom stereocenters. The van der Waals surface area contributed by atoms with Gasteiger partial charge >= 0.3 is 5.97 Å². The smallest absolute Gasteiger partial charge is 0.338 e. The maximum atomic E-state index is 13.9. The zero-order chi connectivity index (χ0) is 29.3. The molecule has 3 aromatic rings. The first-order chi connectivity index (χ1) is 19.7. The number of likely N-dealkylation sites (N-methyl/N-ethyl adjacent to an activating group) is 1. The average Bonchev–Trinajstić information content (AvgIpc) is 3.52. The third-order valence-electron chi connectivity index (χ3n) is 7.08. The van der Waals surface area contributed by atoms with Crippen LogP contribution in [-0.2, 0) is 9.53 Å². The van der Waals surface area contributed by atoms with Crippen LogP contribution >= 0.6 is 11.3 Å². The Labute approximate surface area is 242 Å². The molecule has 5 rings (SSSR count). The molecule has 2 aliphatic rings. The Hall–Kier alpha value is -3.83. The van der Waals surface area contributed by atoms with Crippen LogP contribution < -0.4 is 29.3 Å². The molecule has 0 unspecified atom stereocenters. The molecule has 0 saturated carbocycles. The van der Waals surface area contributed by atoms with Gasteiger partial charge in [0.15, 0.2) is 22.2 Å². The van der Waals surface area contributed by atoms with E-state index in [4.69, 9.17) is 18.6 Å². The van der Waals surface area contributed by atoms with Gasteiger partial charge < -0.3 is 28.4 Å². The van der Waals surface area contributed by atoms with Crippen LogP contribution in [0.5, 0.6) is 11.5 Å². The number of carbonyl (C=O) groups excluding carboxylic acids is 1. The summed E-state index contributed by atoms with van der Waals surface area (Å²) in [5.74, 6) is 1.93. The van der Waals surface area contributed by atoms with Crippen molar-refractivity contribution < 1.29 is 23.4 Å². The summed E-state index contributed by atoms with van der Waals surface area (Å²) in [5, 5.41) is 0. The van der Waals surface area contributed by atoms with Crippen molar-refractivity contribution in [3.63, 3.8) is 0 Å². The van der Waals surface area contributed by atoms with Crippen molar-refractivity contribution in [1.29, 1.82) is 0 Å². The Balaban J connectivity index is 1.60. The van der Waals surface area contributed by atoms with E-state index < -0.39 is 12.0 Å². The minimum Gasteiger partial charge on any atom is -0.493 e. The summed E-state index contributed by atoms with van der Waals surface area (Å²) in [4.78, 5) is 36.8. The number of carbonyl (C=O) groups is 1. The van der Waals surface area contributed by atoms with Gasteiger partial charge in [0, 0.05) is 38.3 Å². The molecule has 2 aliphatic heterocycles. The zero-order valence-electron chi connectivity index (χ0n) is 24.3. The molecule has 41 heavy (non-hydrogen) atoms. The third-order valence-corrected chi connectivity index (χ3v) is 8.07. The second-order valence-electron chi connectivity index (χ2n) is 10.3. The number of anilines is 1. The first-order valence-electron chi connectivity index (χ1n) is 13.8. The lowest BCUT2D eigenvalue weighted by molar-refractivity contribution is -0.139. The predicted octanol–water partition coefficient (Wildman–Crippen LogP) is 2.94. The van der Waals surface area contributed by atoms with E-state index >= 15 is 0 Å². The number of piperazine rings is 1. The van der Waals surface area contributed by atoms with Crippen molar-refractivity contribution in [3.8, 4) is 11.5 Å². The molecule has 0 spiro atoms. The van der Waals surface area contributed by atoms with Crippen LogP contribution in [0.25, 0.3) is 6.08 Å². The van der Waals surface area contributed by atoms with Gasteiger partial charge in [-0.1, -0.05) is 17.4 Å². The molecule has 1 fully saturated rings. The molecule has 10 nitrogen and oxygen atoms in total. The summed E-state index contributed by atoms with van der Waals surface area (Å²) in [6.45, 7) is 11.3. The highest BCUT2D eigenvalue weighted by molar-refractivity contribution is 7.07. The quantitative estimate of drug-likeness (QED) is 0.375. The van der Waals surface area contributed by atoms with Crippen molar-refractivity contribution in [3.05, 3.63) is 72.6 Å². The van der Waals surface area contributed by atoms with Gasteiger partial charge in [-0.2, -0.15) is 0 Å². The minimum absolute atomic E-state index is 0.0528. The van der Waals surface area contributed by atoms with E-state index in [9.17, 15) is 9.59 Å². The Morgan fingerprint density at radius 1 is 1.17 bits per heavy atom. The van der Waals surface area contributed by atoms with E-state index in [-0.39, 0.29) is 18.3 Å². The summed E-state index contributed by atoms with van der Waals surface area (Å²) < 4.78 is 25.0. The van der Waals surface area contributed by atoms with Gasteiger partial charge in [-0.3, -0.25) is 9.36 Å². The number of aromatic nitrogens is 1. The maximum Gasteiger partial charge on any atom is 0.338 e. The number of fused-ring (bicyclic) bond motifs is 1. The largest absolute Gasteiger partial charge is 0.493 e. The lowest BCUT2D eigenvalue weighted by atomic mass is 9.95. The second kappa shape index (κ2) is 12.0. The number of nitrogens with zero attached hydrogens (tertiary/aromatic N) is 4. The number of methoxy groups -OCH3 is 1. The fraction of sp³-hybridized carbons (Fsp3) is 0.433. The van der Waals surface area contributed by atoms with Crippen LogP contribution in [0.3, 0.4) is 0 Å². The highest BCUT2D eigenvalue weighted by Crippen LogP contribution is 2.36. The van der Waals surface area contributed by atoms with Gasteiger partial charge in [-0.05, 0) is 58.5 Å². The SMILES string of the molecule is CCOC(=O)C1=C(C)N=c2s/c(=C\c3ccc(N4CCN(C)CC4)o3)c(=O)n2[C@H]1c1ccc(OC(C)C)c(OC)c1. The van der Waals surface area contributed by atoms with Crippen LogP contribution in [0.15, 0.2) is 55.8 Å². The number of ether oxygens (including phenoxy) is 3. The molecule has 1 saturated heterocycles. The standard InChI is InChI=1S/C30H36N4O6S/c1-7-38-29(36)26-19(4)31-30-34(27(26)20-8-10-22(39-18(2)3)23(16-20)37-6)28(35)24(41-30)17-21-9-11-25(40-21)33-14-12-32(5)13-15-33/h8-11,16-18,27H,7,12-15H2,1-6H3/b24-17-/t27-/m0/s1. The number of hydrogen-bond acceptors (Lipinski definition) is 10. The van der Waals surface area contributed by atoms with Crippen LogP contribution in [0.1, 0.15) is 45.1 Å². The molecule has 2 aromatic heterocycles. The van der Waals surface area contributed by atoms with Gasteiger partial charge in [-0.25, -0.2) is 9.79 Å². The molecule has 0 radical (unpaired) electrons. The number of thiazole rings is 1. The molecule has 0 amide bonds. The van der Waals surface area contributed by atoms with E-state index in [0.29, 0.717) is 43.4 Å². The molecule has 0 N–H and O–H groups in total. The van der Waals surface area contributed by atoms with E-state index in [2.05, 4.69) is 21.8 Å². The molecule has 1 aromatic carbocycles. The monoisotopic (exact) mass is 580 g/mol. The van der Waals surface area contributed by atoms with Crippen LogP contribution in [-0.4, -0.2) is 68.5 Å². The van der Waals surface area contributed by atoms with E-state index in [1.165, 1.54) is 11.3 Å². The number of furan rings is 1. The Morgan fingerprint density at radius 3 is 2.61 bits per heavy atom. The Kier molecular flexibility index (Phi) is 8.37. The molecule has 0 bridgehead atoms. The van der Waals surface area contributed by atoms with Crippen molar-refractivity contribution in [1.82, 2.24) is 9.47 Å². The van der Waals surface area contributed by atoms with Gasteiger partial charge in [0.1, 0.15) is 5.76 Å². The van der Waals surface area contributed by atoms with E-state index in [1.807, 2.05) is 32.0 Å². The van der Waals surface area contributed by atoms with Gasteiger partial charge in [-0.15, -0.1) is 0 Å². The molecular weight excluding hydrogens is 544 g/mol. The summed E-state index contributed by atoms with van der Waals surface area (Å²) in [6.07, 6.45) is 1.69. The molecule has 218 valence electrons. The van der Waals surface area contributed by atoms with Gasteiger partial charge in [0.2, 0.25) is 0 Å². The number of benzene rings is 1. The topological polar surface area (TPSA) is 98.7 Å². The van der Waals surface area contributed by atoms with Crippen molar-refractivity contribution >= 4 is 29.3 Å². The number of allylic oxidation sites excluding steroid dienone is 1. The first kappa shape index (κ1) is 28.7. The average molecular weight is 581 g/mol. The second-order valence-corrected chi connectivity index (χ2v) is 11.4. The normalized spacial score (nSPS) is 18.0. The lowest BCUT2D eigenvalue weighted by Gasteiger charge is -2.32. The summed E-state index contributed by atoms with van der Waals surface area (Å²) in [5.41, 5.74) is 1.21.